The van der Waals surface area contributed by atoms with Gasteiger partial charge in [-0.2, -0.15) is 0 Å². The molecule has 0 aliphatic carbocycles. The molecule has 1 heterocycles. The lowest BCUT2D eigenvalue weighted by Crippen LogP contribution is -1.82. The van der Waals surface area contributed by atoms with Crippen LogP contribution in [0.25, 0.3) is 6.08 Å². The normalized spacial score (nSPS) is 8.67. The molecule has 1 N–H and O–H groups in total. The average molecular weight is 209 g/mol. The number of hydrogen-bond acceptors (Lipinski definition) is 2. The highest BCUT2D eigenvalue weighted by molar-refractivity contribution is 5.55. The number of rotatable bonds is 1. The van der Waals surface area contributed by atoms with Crippen LogP contribution in [0.2, 0.25) is 0 Å². The van der Waals surface area contributed by atoms with Crippen molar-refractivity contribution < 1.29 is 5.11 Å². The lowest BCUT2D eigenvalue weighted by molar-refractivity contribution is 0.471. The molecule has 2 nitrogen and oxygen atoms in total. The van der Waals surface area contributed by atoms with Crippen molar-refractivity contribution in [2.75, 3.05) is 0 Å². The van der Waals surface area contributed by atoms with Gasteiger partial charge in [-0.25, -0.2) is 0 Å². The number of aromatic hydroxyl groups is 1. The fourth-order valence-electron chi connectivity index (χ4n) is 0.887. The SMILES string of the molecule is C/C=C/c1cc(C)ncc1O.CC.CC. The number of allylic oxidation sites excluding steroid dienone is 1. The lowest BCUT2D eigenvalue weighted by Gasteiger charge is -1.98. The molecule has 2 heteroatoms. The standard InChI is InChI=1S/C9H11NO.2C2H6/c1-3-4-8-5-7(2)10-6-9(8)11;2*1-2/h3-6,11H,1-2H3;2*1-2H3/b4-3+;;. The summed E-state index contributed by atoms with van der Waals surface area (Å²) in [7, 11) is 0. The van der Waals surface area contributed by atoms with E-state index in [1.165, 1.54) is 6.20 Å². The van der Waals surface area contributed by atoms with Gasteiger partial charge in [0.05, 0.1) is 6.20 Å². The number of aryl methyl sites for hydroxylation is 1. The van der Waals surface area contributed by atoms with Gasteiger partial charge in [0, 0.05) is 11.3 Å². The summed E-state index contributed by atoms with van der Waals surface area (Å²) in [6.07, 6.45) is 5.20. The molecule has 0 saturated heterocycles. The molecule has 0 unspecified atom stereocenters. The summed E-state index contributed by atoms with van der Waals surface area (Å²) in [5, 5.41) is 9.25. The van der Waals surface area contributed by atoms with Crippen LogP contribution in [-0.2, 0) is 0 Å². The smallest absolute Gasteiger partial charge is 0.141 e. The summed E-state index contributed by atoms with van der Waals surface area (Å²) >= 11 is 0. The molecular weight excluding hydrogens is 186 g/mol. The molecule has 0 atom stereocenters. The lowest BCUT2D eigenvalue weighted by atomic mass is 10.2. The molecule has 0 spiro atoms. The van der Waals surface area contributed by atoms with Crippen LogP contribution in [0.4, 0.5) is 0 Å². The summed E-state index contributed by atoms with van der Waals surface area (Å²) in [5.74, 6) is 0.230. The highest BCUT2D eigenvalue weighted by Gasteiger charge is 1.96. The van der Waals surface area contributed by atoms with Gasteiger partial charge >= 0.3 is 0 Å². The van der Waals surface area contributed by atoms with E-state index in [1.54, 1.807) is 0 Å². The van der Waals surface area contributed by atoms with Gasteiger partial charge in [0.1, 0.15) is 5.75 Å². The van der Waals surface area contributed by atoms with Crippen molar-refractivity contribution in [3.8, 4) is 5.75 Å². The quantitative estimate of drug-likeness (QED) is 0.752. The van der Waals surface area contributed by atoms with E-state index < -0.39 is 0 Å². The predicted octanol–water partition coefficient (Wildman–Crippen LogP) is 4.18. The fourth-order valence-corrected chi connectivity index (χ4v) is 0.887. The first-order chi connectivity index (χ1) is 7.24. The van der Waals surface area contributed by atoms with Crippen molar-refractivity contribution >= 4 is 6.08 Å². The van der Waals surface area contributed by atoms with Crippen molar-refractivity contribution in [3.05, 3.63) is 29.6 Å². The second kappa shape index (κ2) is 10.8. The number of hydrogen-bond donors (Lipinski definition) is 1. The first kappa shape index (κ1) is 16.1. The third kappa shape index (κ3) is 6.72. The van der Waals surface area contributed by atoms with E-state index >= 15 is 0 Å². The second-order valence-corrected chi connectivity index (χ2v) is 2.38. The summed E-state index contributed by atoms with van der Waals surface area (Å²) in [4.78, 5) is 3.94. The van der Waals surface area contributed by atoms with Crippen molar-refractivity contribution in [2.45, 2.75) is 41.5 Å². The molecule has 0 radical (unpaired) electrons. The van der Waals surface area contributed by atoms with Crippen molar-refractivity contribution in [2.24, 2.45) is 0 Å². The maximum Gasteiger partial charge on any atom is 0.141 e. The molecular formula is C13H23NO. The highest BCUT2D eigenvalue weighted by Crippen LogP contribution is 2.16. The average Bonchev–Trinajstić information content (AvgIpc) is 2.29. The van der Waals surface area contributed by atoms with Crippen LogP contribution in [0.5, 0.6) is 5.75 Å². The van der Waals surface area contributed by atoms with Crippen LogP contribution >= 0.6 is 0 Å². The fraction of sp³-hybridized carbons (Fsp3) is 0.462. The molecule has 15 heavy (non-hydrogen) atoms. The summed E-state index contributed by atoms with van der Waals surface area (Å²) < 4.78 is 0. The van der Waals surface area contributed by atoms with Crippen LogP contribution in [-0.4, -0.2) is 10.1 Å². The van der Waals surface area contributed by atoms with Crippen molar-refractivity contribution in [1.29, 1.82) is 0 Å². The van der Waals surface area contributed by atoms with Gasteiger partial charge in [-0.15, -0.1) is 0 Å². The summed E-state index contributed by atoms with van der Waals surface area (Å²) in [5.41, 5.74) is 1.73. The topological polar surface area (TPSA) is 33.1 Å². The Morgan fingerprint density at radius 1 is 1.20 bits per heavy atom. The van der Waals surface area contributed by atoms with E-state index in [1.807, 2.05) is 59.8 Å². The Morgan fingerprint density at radius 3 is 2.20 bits per heavy atom. The molecule has 0 aromatic carbocycles. The molecule has 1 rings (SSSR count). The molecule has 0 amide bonds. The minimum Gasteiger partial charge on any atom is -0.506 e. The molecule has 0 aliphatic rings. The number of pyridine rings is 1. The van der Waals surface area contributed by atoms with E-state index in [0.29, 0.717) is 0 Å². The maximum atomic E-state index is 9.25. The van der Waals surface area contributed by atoms with E-state index in [4.69, 9.17) is 0 Å². The number of aromatic nitrogens is 1. The zero-order chi connectivity index (χ0) is 12.3. The predicted molar refractivity (Wildman–Crippen MR) is 68.0 cm³/mol. The van der Waals surface area contributed by atoms with Crippen molar-refractivity contribution in [3.63, 3.8) is 0 Å². The van der Waals surface area contributed by atoms with Crippen LogP contribution in [0.1, 0.15) is 45.9 Å². The van der Waals surface area contributed by atoms with E-state index in [9.17, 15) is 5.11 Å². The van der Waals surface area contributed by atoms with Gasteiger partial charge in [-0.05, 0) is 19.9 Å². The highest BCUT2D eigenvalue weighted by atomic mass is 16.3. The maximum absolute atomic E-state index is 9.25. The van der Waals surface area contributed by atoms with Crippen LogP contribution < -0.4 is 0 Å². The summed E-state index contributed by atoms with van der Waals surface area (Å²) in [6.45, 7) is 11.8. The third-order valence-electron chi connectivity index (χ3n) is 1.40. The van der Waals surface area contributed by atoms with Crippen LogP contribution in [0.15, 0.2) is 18.3 Å². The third-order valence-corrected chi connectivity index (χ3v) is 1.40. The Hall–Kier alpha value is -1.31. The first-order valence-corrected chi connectivity index (χ1v) is 5.52. The van der Waals surface area contributed by atoms with Gasteiger partial charge in [0.15, 0.2) is 0 Å². The Bertz CT molecular complexity index is 280. The van der Waals surface area contributed by atoms with Gasteiger partial charge in [0.25, 0.3) is 0 Å². The molecule has 0 fully saturated rings. The second-order valence-electron chi connectivity index (χ2n) is 2.38. The Labute approximate surface area is 93.7 Å². The monoisotopic (exact) mass is 209 g/mol. The van der Waals surface area contributed by atoms with Crippen LogP contribution in [0.3, 0.4) is 0 Å². The molecule has 0 saturated carbocycles. The first-order valence-electron chi connectivity index (χ1n) is 5.52. The van der Waals surface area contributed by atoms with E-state index in [2.05, 4.69) is 4.98 Å². The Kier molecular flexibility index (Phi) is 11.6. The molecule has 86 valence electrons. The van der Waals surface area contributed by atoms with Gasteiger partial charge in [-0.3, -0.25) is 4.98 Å². The van der Waals surface area contributed by atoms with Gasteiger partial charge in [0.2, 0.25) is 0 Å². The van der Waals surface area contributed by atoms with Gasteiger partial charge < -0.3 is 5.11 Å². The minimum absolute atomic E-state index is 0.230. The zero-order valence-corrected chi connectivity index (χ0v) is 10.7. The summed E-state index contributed by atoms with van der Waals surface area (Å²) in [6, 6.07) is 1.84. The molecule has 0 aliphatic heterocycles. The molecule has 1 aromatic rings. The van der Waals surface area contributed by atoms with Crippen molar-refractivity contribution in [1.82, 2.24) is 4.98 Å². The van der Waals surface area contributed by atoms with Crippen LogP contribution in [0, 0.1) is 6.92 Å². The molecule has 0 bridgehead atoms. The Balaban J connectivity index is 0. The van der Waals surface area contributed by atoms with E-state index in [0.717, 1.165) is 11.3 Å². The van der Waals surface area contributed by atoms with Gasteiger partial charge in [-0.1, -0.05) is 39.8 Å². The van der Waals surface area contributed by atoms with E-state index in [-0.39, 0.29) is 5.75 Å². The largest absolute Gasteiger partial charge is 0.506 e. The molecule has 1 aromatic heterocycles. The Morgan fingerprint density at radius 2 is 1.73 bits per heavy atom. The number of nitrogens with zero attached hydrogens (tertiary/aromatic N) is 1. The minimum atomic E-state index is 0.230. The zero-order valence-electron chi connectivity index (χ0n) is 10.7.